The average Bonchev–Trinajstić information content (AvgIpc) is 2.53. The predicted molar refractivity (Wildman–Crippen MR) is 86.0 cm³/mol. The smallest absolute Gasteiger partial charge is 0.344 e. The van der Waals surface area contributed by atoms with Gasteiger partial charge in [0.2, 0.25) is 5.88 Å². The molecule has 1 aromatic heterocycles. The maximum Gasteiger partial charge on any atom is 0.344 e. The van der Waals surface area contributed by atoms with Gasteiger partial charge in [0.1, 0.15) is 6.61 Å². The Kier molecular flexibility index (Phi) is 7.96. The van der Waals surface area contributed by atoms with Crippen molar-refractivity contribution in [3.63, 3.8) is 0 Å². The number of hydrogen-bond donors (Lipinski definition) is 1. The molecule has 0 saturated carbocycles. The second-order valence-corrected chi connectivity index (χ2v) is 4.44. The summed E-state index contributed by atoms with van der Waals surface area (Å²) in [5.74, 6) is -0.0255. The molecule has 1 aromatic carbocycles. The first-order chi connectivity index (χ1) is 10.3. The molecule has 0 aliphatic carbocycles. The van der Waals surface area contributed by atoms with Crippen molar-refractivity contribution < 1.29 is 14.3 Å². The van der Waals surface area contributed by atoms with Crippen LogP contribution in [-0.2, 0) is 22.6 Å². The van der Waals surface area contributed by atoms with Gasteiger partial charge >= 0.3 is 5.97 Å². The number of carbonyl (C=O) groups excluding carboxylic acids is 1. The molecular weight excluding hydrogens is 304 g/mol. The van der Waals surface area contributed by atoms with E-state index in [0.29, 0.717) is 18.8 Å². The van der Waals surface area contributed by atoms with E-state index in [-0.39, 0.29) is 25.6 Å². The Morgan fingerprint density at radius 3 is 2.59 bits per heavy atom. The fourth-order valence-electron chi connectivity index (χ4n) is 1.74. The van der Waals surface area contributed by atoms with Gasteiger partial charge in [0.15, 0.2) is 6.61 Å². The van der Waals surface area contributed by atoms with Gasteiger partial charge in [-0.1, -0.05) is 36.4 Å². The quantitative estimate of drug-likeness (QED) is 0.790. The van der Waals surface area contributed by atoms with Gasteiger partial charge in [-0.2, -0.15) is 0 Å². The van der Waals surface area contributed by atoms with Crippen LogP contribution in [0.3, 0.4) is 0 Å². The van der Waals surface area contributed by atoms with E-state index in [9.17, 15) is 4.79 Å². The van der Waals surface area contributed by atoms with E-state index in [2.05, 4.69) is 4.98 Å². The molecule has 0 bridgehead atoms. The first kappa shape index (κ1) is 17.9. The van der Waals surface area contributed by atoms with Crippen LogP contribution in [0.5, 0.6) is 5.88 Å². The first-order valence-corrected chi connectivity index (χ1v) is 6.76. The van der Waals surface area contributed by atoms with Gasteiger partial charge in [0, 0.05) is 18.2 Å². The number of benzene rings is 1. The van der Waals surface area contributed by atoms with Crippen molar-refractivity contribution in [1.29, 1.82) is 0 Å². The average molecular weight is 323 g/mol. The summed E-state index contributed by atoms with van der Waals surface area (Å²) in [5, 5.41) is 0. The zero-order chi connectivity index (χ0) is 14.9. The van der Waals surface area contributed by atoms with Crippen LogP contribution in [0.25, 0.3) is 0 Å². The standard InChI is InChI=1S/C16H18N2O3.ClH/c17-10-9-14-7-4-8-15(18-14)20-12-16(19)21-11-13-5-2-1-3-6-13;/h1-8H,9-12,17H2;1H. The molecule has 2 rings (SSSR count). The highest BCUT2D eigenvalue weighted by atomic mass is 35.5. The molecule has 5 nitrogen and oxygen atoms in total. The highest BCUT2D eigenvalue weighted by molar-refractivity contribution is 5.85. The molecule has 0 spiro atoms. The minimum absolute atomic E-state index is 0. The SMILES string of the molecule is Cl.NCCc1cccc(OCC(=O)OCc2ccccc2)n1. The van der Waals surface area contributed by atoms with Crippen LogP contribution in [0.1, 0.15) is 11.3 Å². The minimum atomic E-state index is -0.426. The number of hydrogen-bond acceptors (Lipinski definition) is 5. The van der Waals surface area contributed by atoms with Crippen molar-refractivity contribution >= 4 is 18.4 Å². The number of nitrogens with two attached hydrogens (primary N) is 1. The van der Waals surface area contributed by atoms with Gasteiger partial charge < -0.3 is 15.2 Å². The lowest BCUT2D eigenvalue weighted by Gasteiger charge is -2.07. The molecule has 0 aliphatic rings. The van der Waals surface area contributed by atoms with Crippen molar-refractivity contribution in [1.82, 2.24) is 4.98 Å². The minimum Gasteiger partial charge on any atom is -0.466 e. The summed E-state index contributed by atoms with van der Waals surface area (Å²) in [4.78, 5) is 15.8. The summed E-state index contributed by atoms with van der Waals surface area (Å²) in [6, 6.07) is 14.9. The van der Waals surface area contributed by atoms with Crippen LogP contribution in [-0.4, -0.2) is 24.1 Å². The van der Waals surface area contributed by atoms with Gasteiger partial charge in [0.05, 0.1) is 0 Å². The normalized spacial score (nSPS) is 9.68. The molecule has 2 aromatic rings. The Hall–Kier alpha value is -2.11. The third-order valence-corrected chi connectivity index (χ3v) is 2.76. The van der Waals surface area contributed by atoms with Gasteiger partial charge in [-0.3, -0.25) is 0 Å². The third kappa shape index (κ3) is 6.11. The zero-order valence-electron chi connectivity index (χ0n) is 12.1. The summed E-state index contributed by atoms with van der Waals surface area (Å²) in [6.45, 7) is 0.602. The molecule has 0 aliphatic heterocycles. The van der Waals surface area contributed by atoms with Crippen LogP contribution < -0.4 is 10.5 Å². The lowest BCUT2D eigenvalue weighted by Crippen LogP contribution is -2.15. The lowest BCUT2D eigenvalue weighted by atomic mass is 10.2. The molecule has 118 valence electrons. The van der Waals surface area contributed by atoms with E-state index in [1.165, 1.54) is 0 Å². The fourth-order valence-corrected chi connectivity index (χ4v) is 1.74. The second kappa shape index (κ2) is 9.76. The predicted octanol–water partition coefficient (Wildman–Crippen LogP) is 2.13. The maximum atomic E-state index is 11.6. The van der Waals surface area contributed by atoms with Crippen LogP contribution >= 0.6 is 12.4 Å². The van der Waals surface area contributed by atoms with E-state index >= 15 is 0 Å². The molecule has 0 fully saturated rings. The third-order valence-electron chi connectivity index (χ3n) is 2.76. The molecule has 0 atom stereocenters. The van der Waals surface area contributed by atoms with Gasteiger partial charge in [-0.15, -0.1) is 12.4 Å². The number of nitrogens with zero attached hydrogens (tertiary/aromatic N) is 1. The molecule has 1 heterocycles. The van der Waals surface area contributed by atoms with Crippen LogP contribution in [0.2, 0.25) is 0 Å². The number of halogens is 1. The summed E-state index contributed by atoms with van der Waals surface area (Å²) in [6.07, 6.45) is 0.676. The number of ether oxygens (including phenoxy) is 2. The Labute approximate surface area is 135 Å². The molecule has 6 heteroatoms. The summed E-state index contributed by atoms with van der Waals surface area (Å²) < 4.78 is 10.4. The first-order valence-electron chi connectivity index (χ1n) is 6.76. The highest BCUT2D eigenvalue weighted by Gasteiger charge is 2.06. The van der Waals surface area contributed by atoms with E-state index < -0.39 is 5.97 Å². The van der Waals surface area contributed by atoms with Crippen LogP contribution in [0.15, 0.2) is 48.5 Å². The Balaban J connectivity index is 0.00000242. The zero-order valence-corrected chi connectivity index (χ0v) is 12.9. The van der Waals surface area contributed by atoms with Gasteiger partial charge in [0.25, 0.3) is 0 Å². The molecule has 0 amide bonds. The number of esters is 1. The van der Waals surface area contributed by atoms with Crippen molar-refractivity contribution in [3.8, 4) is 5.88 Å². The van der Waals surface area contributed by atoms with Crippen molar-refractivity contribution in [3.05, 3.63) is 59.8 Å². The summed E-state index contributed by atoms with van der Waals surface area (Å²) in [5.41, 5.74) is 7.25. The fraction of sp³-hybridized carbons (Fsp3) is 0.250. The molecule has 0 unspecified atom stereocenters. The molecule has 0 saturated heterocycles. The highest BCUT2D eigenvalue weighted by Crippen LogP contribution is 2.08. The number of carbonyl (C=O) groups is 1. The van der Waals surface area contributed by atoms with E-state index in [1.807, 2.05) is 42.5 Å². The van der Waals surface area contributed by atoms with Crippen LogP contribution in [0, 0.1) is 0 Å². The van der Waals surface area contributed by atoms with E-state index in [4.69, 9.17) is 15.2 Å². The molecule has 2 N–H and O–H groups in total. The largest absolute Gasteiger partial charge is 0.466 e. The van der Waals surface area contributed by atoms with Gasteiger partial charge in [-0.25, -0.2) is 9.78 Å². The summed E-state index contributed by atoms with van der Waals surface area (Å²) >= 11 is 0. The molecule has 22 heavy (non-hydrogen) atoms. The second-order valence-electron chi connectivity index (χ2n) is 4.44. The van der Waals surface area contributed by atoms with Gasteiger partial charge in [-0.05, 0) is 18.2 Å². The topological polar surface area (TPSA) is 74.4 Å². The number of aromatic nitrogens is 1. The summed E-state index contributed by atoms with van der Waals surface area (Å²) in [7, 11) is 0. The Morgan fingerprint density at radius 2 is 1.86 bits per heavy atom. The molecule has 0 radical (unpaired) electrons. The maximum absolute atomic E-state index is 11.6. The van der Waals surface area contributed by atoms with E-state index in [0.717, 1.165) is 11.3 Å². The van der Waals surface area contributed by atoms with E-state index in [1.54, 1.807) is 6.07 Å². The van der Waals surface area contributed by atoms with Crippen LogP contribution in [0.4, 0.5) is 0 Å². The lowest BCUT2D eigenvalue weighted by molar-refractivity contribution is -0.147. The monoisotopic (exact) mass is 322 g/mol. The molecular formula is C16H19ClN2O3. The van der Waals surface area contributed by atoms with Crippen molar-refractivity contribution in [2.24, 2.45) is 5.73 Å². The number of rotatable bonds is 7. The van der Waals surface area contributed by atoms with Crippen molar-refractivity contribution in [2.45, 2.75) is 13.0 Å². The number of pyridine rings is 1. The Bertz CT molecular complexity index is 579. The Morgan fingerprint density at radius 1 is 1.09 bits per heavy atom. The van der Waals surface area contributed by atoms with Crippen molar-refractivity contribution in [2.75, 3.05) is 13.2 Å².